The van der Waals surface area contributed by atoms with E-state index in [0.29, 0.717) is 32.5 Å². The van der Waals surface area contributed by atoms with Crippen LogP contribution in [0.25, 0.3) is 0 Å². The van der Waals surface area contributed by atoms with Crippen molar-refractivity contribution in [1.29, 1.82) is 0 Å². The topological polar surface area (TPSA) is 75.6 Å². The molecule has 0 spiro atoms. The maximum Gasteiger partial charge on any atom is 0.308 e. The van der Waals surface area contributed by atoms with Gasteiger partial charge in [-0.2, -0.15) is 0 Å². The number of carboxylic acid groups (broad SMARTS) is 1. The number of hydrogen-bond acceptors (Lipinski definition) is 3. The van der Waals surface area contributed by atoms with Crippen LogP contribution >= 0.6 is 0 Å². The van der Waals surface area contributed by atoms with Gasteiger partial charge in [0.15, 0.2) is 0 Å². The van der Waals surface area contributed by atoms with Gasteiger partial charge < -0.3 is 15.2 Å². The smallest absolute Gasteiger partial charge is 0.308 e. The Morgan fingerprint density at radius 3 is 2.70 bits per heavy atom. The molecule has 2 N–H and O–H groups in total. The third-order valence-electron chi connectivity index (χ3n) is 4.33. The first-order valence-electron chi connectivity index (χ1n) is 7.90. The van der Waals surface area contributed by atoms with Crippen molar-refractivity contribution in [3.8, 4) is 0 Å². The average Bonchev–Trinajstić information content (AvgIpc) is 2.55. The van der Waals surface area contributed by atoms with Crippen molar-refractivity contribution >= 4 is 11.9 Å². The Kier molecular flexibility index (Phi) is 6.10. The van der Waals surface area contributed by atoms with Gasteiger partial charge in [0.2, 0.25) is 0 Å². The van der Waals surface area contributed by atoms with Gasteiger partial charge in [0.25, 0.3) is 5.91 Å². The van der Waals surface area contributed by atoms with E-state index in [4.69, 9.17) is 4.74 Å². The first-order chi connectivity index (χ1) is 11.0. The molecule has 1 fully saturated rings. The number of carboxylic acids is 1. The van der Waals surface area contributed by atoms with Crippen LogP contribution in [-0.4, -0.2) is 36.7 Å². The molecule has 1 heterocycles. The van der Waals surface area contributed by atoms with Crippen LogP contribution in [-0.2, 0) is 16.0 Å². The summed E-state index contributed by atoms with van der Waals surface area (Å²) in [5.74, 6) is -2.50. The molecule has 0 aliphatic carbocycles. The van der Waals surface area contributed by atoms with Crippen molar-refractivity contribution in [3.05, 3.63) is 35.1 Å². The highest BCUT2D eigenvalue weighted by Crippen LogP contribution is 2.24. The summed E-state index contributed by atoms with van der Waals surface area (Å²) in [5, 5.41) is 12.1. The quantitative estimate of drug-likeness (QED) is 0.842. The van der Waals surface area contributed by atoms with Gasteiger partial charge in [-0.1, -0.05) is 13.0 Å². The molecule has 126 valence electrons. The summed E-state index contributed by atoms with van der Waals surface area (Å²) in [6.07, 6.45) is 1.95. The van der Waals surface area contributed by atoms with Crippen LogP contribution in [0.15, 0.2) is 18.2 Å². The molecule has 0 saturated carbocycles. The third-order valence-corrected chi connectivity index (χ3v) is 4.33. The monoisotopic (exact) mass is 323 g/mol. The molecule has 1 saturated heterocycles. The van der Waals surface area contributed by atoms with E-state index in [9.17, 15) is 19.1 Å². The number of nitrogens with one attached hydrogen (secondary N) is 1. The van der Waals surface area contributed by atoms with Gasteiger partial charge in [0.1, 0.15) is 5.82 Å². The zero-order valence-electron chi connectivity index (χ0n) is 13.2. The number of amides is 1. The van der Waals surface area contributed by atoms with E-state index >= 15 is 0 Å². The number of benzene rings is 1. The minimum atomic E-state index is -0.924. The molecule has 1 unspecified atom stereocenters. The molecule has 1 amide bonds. The van der Waals surface area contributed by atoms with Gasteiger partial charge in [-0.15, -0.1) is 0 Å². The van der Waals surface area contributed by atoms with E-state index in [0.717, 1.165) is 5.56 Å². The van der Waals surface area contributed by atoms with E-state index in [1.54, 1.807) is 6.07 Å². The summed E-state index contributed by atoms with van der Waals surface area (Å²) in [7, 11) is 0. The summed E-state index contributed by atoms with van der Waals surface area (Å²) in [4.78, 5) is 23.8. The fraction of sp³-hybridized carbons (Fsp3) is 0.529. The van der Waals surface area contributed by atoms with Crippen LogP contribution in [0.2, 0.25) is 0 Å². The Morgan fingerprint density at radius 2 is 2.09 bits per heavy atom. The molecular weight excluding hydrogens is 301 g/mol. The summed E-state index contributed by atoms with van der Waals surface area (Å²) < 4.78 is 18.6. The number of ether oxygens (including phenoxy) is 1. The van der Waals surface area contributed by atoms with Gasteiger partial charge in [-0.3, -0.25) is 9.59 Å². The van der Waals surface area contributed by atoms with E-state index < -0.39 is 23.6 Å². The lowest BCUT2D eigenvalue weighted by Gasteiger charge is -2.27. The third kappa shape index (κ3) is 4.51. The average molecular weight is 323 g/mol. The second-order valence-corrected chi connectivity index (χ2v) is 5.76. The number of hydrogen-bond donors (Lipinski definition) is 2. The van der Waals surface area contributed by atoms with E-state index in [1.165, 1.54) is 12.1 Å². The van der Waals surface area contributed by atoms with E-state index in [1.807, 2.05) is 6.92 Å². The number of aryl methyl sites for hydroxylation is 1. The van der Waals surface area contributed by atoms with Crippen LogP contribution in [0.5, 0.6) is 0 Å². The van der Waals surface area contributed by atoms with Gasteiger partial charge in [-0.05, 0) is 42.9 Å². The molecule has 1 aliphatic heterocycles. The molecule has 2 rings (SSSR count). The SMILES string of the molecule is CCc1ccc(F)cc1C(=O)NCC(C(=O)O)C1CCOCC1. The number of aliphatic carboxylic acids is 1. The van der Waals surface area contributed by atoms with Gasteiger partial charge in [0, 0.05) is 25.3 Å². The Balaban J connectivity index is 2.04. The van der Waals surface area contributed by atoms with Crippen LogP contribution in [0.4, 0.5) is 4.39 Å². The van der Waals surface area contributed by atoms with Crippen molar-refractivity contribution in [1.82, 2.24) is 5.32 Å². The molecule has 1 aliphatic rings. The Bertz CT molecular complexity index is 570. The molecule has 0 aromatic heterocycles. The van der Waals surface area contributed by atoms with Crippen LogP contribution in [0.3, 0.4) is 0 Å². The highest BCUT2D eigenvalue weighted by Gasteiger charge is 2.30. The number of halogens is 1. The normalized spacial score (nSPS) is 16.8. The minimum absolute atomic E-state index is 0.0142. The van der Waals surface area contributed by atoms with Crippen molar-refractivity contribution in [2.24, 2.45) is 11.8 Å². The van der Waals surface area contributed by atoms with Gasteiger partial charge >= 0.3 is 5.97 Å². The molecule has 6 heteroatoms. The summed E-state index contributed by atoms with van der Waals surface area (Å²) in [6.45, 7) is 3.02. The molecule has 1 atom stereocenters. The second-order valence-electron chi connectivity index (χ2n) is 5.76. The van der Waals surface area contributed by atoms with Gasteiger partial charge in [0.05, 0.1) is 5.92 Å². The lowest BCUT2D eigenvalue weighted by molar-refractivity contribution is -0.144. The Morgan fingerprint density at radius 1 is 1.39 bits per heavy atom. The van der Waals surface area contributed by atoms with Crippen molar-refractivity contribution < 1.29 is 23.8 Å². The zero-order valence-corrected chi connectivity index (χ0v) is 13.2. The maximum atomic E-state index is 13.4. The standard InChI is InChI=1S/C17H22FNO4/c1-2-11-3-4-13(18)9-14(11)16(20)19-10-15(17(21)22)12-5-7-23-8-6-12/h3-4,9,12,15H,2,5-8,10H2,1H3,(H,19,20)(H,21,22). The molecular formula is C17H22FNO4. The number of carbonyl (C=O) groups excluding carboxylic acids is 1. The second kappa shape index (κ2) is 8.06. The summed E-state index contributed by atoms with van der Waals surface area (Å²) >= 11 is 0. The molecule has 0 bridgehead atoms. The Labute approximate surface area is 134 Å². The summed E-state index contributed by atoms with van der Waals surface area (Å²) in [6, 6.07) is 4.09. The molecule has 1 aromatic carbocycles. The zero-order chi connectivity index (χ0) is 16.8. The van der Waals surface area contributed by atoms with Crippen LogP contribution < -0.4 is 5.32 Å². The fourth-order valence-electron chi connectivity index (χ4n) is 2.94. The summed E-state index contributed by atoms with van der Waals surface area (Å²) in [5.41, 5.74) is 1.01. The minimum Gasteiger partial charge on any atom is -0.481 e. The number of rotatable bonds is 6. The molecule has 5 nitrogen and oxygen atoms in total. The highest BCUT2D eigenvalue weighted by atomic mass is 19.1. The van der Waals surface area contributed by atoms with E-state index in [-0.39, 0.29) is 18.0 Å². The molecule has 23 heavy (non-hydrogen) atoms. The fourth-order valence-corrected chi connectivity index (χ4v) is 2.94. The van der Waals surface area contributed by atoms with Gasteiger partial charge in [-0.25, -0.2) is 4.39 Å². The lowest BCUT2D eigenvalue weighted by atomic mass is 9.86. The predicted molar refractivity (Wildman–Crippen MR) is 82.8 cm³/mol. The first kappa shape index (κ1) is 17.4. The lowest BCUT2D eigenvalue weighted by Crippen LogP contribution is -2.39. The van der Waals surface area contributed by atoms with Crippen molar-refractivity contribution in [2.45, 2.75) is 26.2 Å². The molecule has 0 radical (unpaired) electrons. The van der Waals surface area contributed by atoms with Crippen LogP contribution in [0.1, 0.15) is 35.7 Å². The number of carbonyl (C=O) groups is 2. The van der Waals surface area contributed by atoms with Crippen LogP contribution in [0, 0.1) is 17.7 Å². The molecule has 1 aromatic rings. The van der Waals surface area contributed by atoms with E-state index in [2.05, 4.69) is 5.32 Å². The largest absolute Gasteiger partial charge is 0.481 e. The van der Waals surface area contributed by atoms with Crippen molar-refractivity contribution in [2.75, 3.05) is 19.8 Å². The first-order valence-corrected chi connectivity index (χ1v) is 7.90. The Hall–Kier alpha value is -1.95. The maximum absolute atomic E-state index is 13.4. The highest BCUT2D eigenvalue weighted by molar-refractivity contribution is 5.95. The predicted octanol–water partition coefficient (Wildman–Crippen LogP) is 2.25. The van der Waals surface area contributed by atoms with Crippen molar-refractivity contribution in [3.63, 3.8) is 0 Å².